The molecule has 1 aliphatic rings. The SMILES string of the molecule is CC1CN(c2ccc(S(=O)[O-])cc2)CCN1C(=O)Cn1cc(C#N)c2ccccc21. The number of aromatic nitrogens is 1. The first-order valence-corrected chi connectivity index (χ1v) is 10.8. The van der Waals surface area contributed by atoms with Crippen molar-refractivity contribution in [2.24, 2.45) is 0 Å². The summed E-state index contributed by atoms with van der Waals surface area (Å²) in [5.41, 5.74) is 2.39. The number of nitriles is 1. The average molecular weight is 422 g/mol. The molecule has 1 aliphatic heterocycles. The number of carbonyl (C=O) groups excluding carboxylic acids is 1. The molecule has 4 rings (SSSR count). The minimum Gasteiger partial charge on any atom is -0.768 e. The number of hydrogen-bond donors (Lipinski definition) is 0. The third kappa shape index (κ3) is 3.82. The van der Waals surface area contributed by atoms with E-state index in [0.717, 1.165) is 16.6 Å². The van der Waals surface area contributed by atoms with Gasteiger partial charge in [-0.25, -0.2) is 0 Å². The van der Waals surface area contributed by atoms with E-state index < -0.39 is 11.1 Å². The highest BCUT2D eigenvalue weighted by Gasteiger charge is 2.28. The summed E-state index contributed by atoms with van der Waals surface area (Å²) in [6, 6.07) is 16.6. The number of nitrogens with zero attached hydrogens (tertiary/aromatic N) is 4. The zero-order valence-electron chi connectivity index (χ0n) is 16.5. The molecule has 7 nitrogen and oxygen atoms in total. The van der Waals surface area contributed by atoms with Crippen molar-refractivity contribution in [3.05, 3.63) is 60.3 Å². The Morgan fingerprint density at radius 1 is 1.20 bits per heavy atom. The second-order valence-electron chi connectivity index (χ2n) is 7.41. The zero-order chi connectivity index (χ0) is 21.3. The fourth-order valence-electron chi connectivity index (χ4n) is 4.03. The van der Waals surface area contributed by atoms with E-state index in [9.17, 15) is 18.8 Å². The standard InChI is InChI=1S/C22H22N4O3S/c1-16-13-24(18-6-8-19(9-7-18)30(28)29)10-11-26(16)22(27)15-25-14-17(12-23)20-4-2-3-5-21(20)25/h2-9,14,16H,10-11,13,15H2,1H3,(H,28,29)/p-1. The fourth-order valence-corrected chi connectivity index (χ4v) is 4.39. The van der Waals surface area contributed by atoms with Gasteiger partial charge in [0, 0.05) is 53.4 Å². The van der Waals surface area contributed by atoms with Crippen LogP contribution in [0.25, 0.3) is 10.9 Å². The third-order valence-electron chi connectivity index (χ3n) is 5.56. The highest BCUT2D eigenvalue weighted by atomic mass is 32.2. The Labute approximate surface area is 177 Å². The molecule has 8 heteroatoms. The molecule has 0 spiro atoms. The minimum atomic E-state index is -2.23. The van der Waals surface area contributed by atoms with Crippen LogP contribution in [0.3, 0.4) is 0 Å². The predicted octanol–water partition coefficient (Wildman–Crippen LogP) is 2.49. The summed E-state index contributed by atoms with van der Waals surface area (Å²) in [7, 11) is 0. The third-order valence-corrected chi connectivity index (χ3v) is 6.21. The molecule has 0 saturated carbocycles. The van der Waals surface area contributed by atoms with Gasteiger partial charge < -0.3 is 18.9 Å². The highest BCUT2D eigenvalue weighted by Crippen LogP contribution is 2.23. The molecule has 154 valence electrons. The molecule has 1 amide bonds. The van der Waals surface area contributed by atoms with Gasteiger partial charge >= 0.3 is 0 Å². The van der Waals surface area contributed by atoms with Crippen LogP contribution in [0.1, 0.15) is 12.5 Å². The summed E-state index contributed by atoms with van der Waals surface area (Å²) in [5, 5.41) is 10.2. The highest BCUT2D eigenvalue weighted by molar-refractivity contribution is 7.79. The van der Waals surface area contributed by atoms with Gasteiger partial charge in [0.2, 0.25) is 5.91 Å². The van der Waals surface area contributed by atoms with Gasteiger partial charge in [0.15, 0.2) is 0 Å². The van der Waals surface area contributed by atoms with Crippen LogP contribution in [0.4, 0.5) is 5.69 Å². The normalized spacial score (nSPS) is 17.7. The molecule has 30 heavy (non-hydrogen) atoms. The smallest absolute Gasteiger partial charge is 0.242 e. The molecule has 1 fully saturated rings. The molecule has 2 aromatic carbocycles. The van der Waals surface area contributed by atoms with Gasteiger partial charge in [-0.1, -0.05) is 18.2 Å². The number of para-hydroxylation sites is 1. The van der Waals surface area contributed by atoms with Crippen molar-refractivity contribution >= 4 is 33.6 Å². The van der Waals surface area contributed by atoms with Crippen LogP contribution in [0.15, 0.2) is 59.6 Å². The van der Waals surface area contributed by atoms with E-state index in [1.807, 2.05) is 40.7 Å². The summed E-state index contributed by atoms with van der Waals surface area (Å²) in [6.45, 7) is 4.13. The topological polar surface area (TPSA) is 92.4 Å². The van der Waals surface area contributed by atoms with E-state index >= 15 is 0 Å². The number of amides is 1. The number of rotatable bonds is 4. The van der Waals surface area contributed by atoms with Gasteiger partial charge in [-0.2, -0.15) is 5.26 Å². The summed E-state index contributed by atoms with van der Waals surface area (Å²) in [6.07, 6.45) is 1.74. The lowest BCUT2D eigenvalue weighted by Crippen LogP contribution is -2.54. The van der Waals surface area contributed by atoms with Crippen molar-refractivity contribution in [2.45, 2.75) is 24.4 Å². The molecule has 1 aromatic heterocycles. The molecule has 0 radical (unpaired) electrons. The monoisotopic (exact) mass is 421 g/mol. The van der Waals surface area contributed by atoms with E-state index in [-0.39, 0.29) is 23.4 Å². The Morgan fingerprint density at radius 3 is 2.60 bits per heavy atom. The van der Waals surface area contributed by atoms with Gasteiger partial charge in [-0.3, -0.25) is 9.00 Å². The zero-order valence-corrected chi connectivity index (χ0v) is 17.3. The van der Waals surface area contributed by atoms with Crippen molar-refractivity contribution in [1.29, 1.82) is 5.26 Å². The molecule has 0 aliphatic carbocycles. The van der Waals surface area contributed by atoms with Gasteiger partial charge in [0.1, 0.15) is 12.6 Å². The number of anilines is 1. The summed E-state index contributed by atoms with van der Waals surface area (Å²) in [5.74, 6) is 0.0180. The Bertz CT molecular complexity index is 1150. The Balaban J connectivity index is 1.46. The van der Waals surface area contributed by atoms with Crippen LogP contribution < -0.4 is 4.90 Å². The van der Waals surface area contributed by atoms with Crippen LogP contribution in [-0.2, 0) is 22.4 Å². The molecular weight excluding hydrogens is 400 g/mol. The summed E-state index contributed by atoms with van der Waals surface area (Å²) < 4.78 is 23.9. The largest absolute Gasteiger partial charge is 0.768 e. The number of fused-ring (bicyclic) bond motifs is 1. The lowest BCUT2D eigenvalue weighted by molar-refractivity contribution is -0.134. The van der Waals surface area contributed by atoms with E-state index in [4.69, 9.17) is 0 Å². The lowest BCUT2D eigenvalue weighted by atomic mass is 10.1. The second kappa shape index (κ2) is 8.30. The van der Waals surface area contributed by atoms with Gasteiger partial charge in [0.05, 0.1) is 5.56 Å². The van der Waals surface area contributed by atoms with Crippen LogP contribution in [0, 0.1) is 11.3 Å². The van der Waals surface area contributed by atoms with Gasteiger partial charge in [0.25, 0.3) is 0 Å². The van der Waals surface area contributed by atoms with Crippen LogP contribution >= 0.6 is 0 Å². The fraction of sp³-hybridized carbons (Fsp3) is 0.273. The number of hydrogen-bond acceptors (Lipinski definition) is 5. The van der Waals surface area contributed by atoms with Crippen LogP contribution in [-0.4, -0.2) is 49.8 Å². The quantitative estimate of drug-likeness (QED) is 0.604. The molecule has 0 bridgehead atoms. The number of carbonyl (C=O) groups is 1. The molecule has 2 unspecified atom stereocenters. The van der Waals surface area contributed by atoms with E-state index in [1.54, 1.807) is 30.5 Å². The second-order valence-corrected chi connectivity index (χ2v) is 8.35. The average Bonchev–Trinajstić information content (AvgIpc) is 3.11. The first-order chi connectivity index (χ1) is 14.5. The number of benzene rings is 2. The molecular formula is C22H21N4O3S-. The maximum absolute atomic E-state index is 13.0. The molecule has 2 heterocycles. The minimum absolute atomic E-state index is 0.0110. The maximum Gasteiger partial charge on any atom is 0.242 e. The van der Waals surface area contributed by atoms with Crippen molar-refractivity contribution in [1.82, 2.24) is 9.47 Å². The van der Waals surface area contributed by atoms with Gasteiger partial charge in [-0.15, -0.1) is 0 Å². The summed E-state index contributed by atoms with van der Waals surface area (Å²) in [4.78, 5) is 17.3. The van der Waals surface area contributed by atoms with Crippen molar-refractivity contribution in [2.75, 3.05) is 24.5 Å². The predicted molar refractivity (Wildman–Crippen MR) is 114 cm³/mol. The van der Waals surface area contributed by atoms with E-state index in [2.05, 4.69) is 11.0 Å². The molecule has 0 N–H and O–H groups in total. The lowest BCUT2D eigenvalue weighted by Gasteiger charge is -2.41. The van der Waals surface area contributed by atoms with Crippen molar-refractivity contribution < 1.29 is 13.6 Å². The van der Waals surface area contributed by atoms with Crippen LogP contribution in [0.5, 0.6) is 0 Å². The summed E-state index contributed by atoms with van der Waals surface area (Å²) >= 11 is -2.23. The Hall–Kier alpha value is -3.15. The maximum atomic E-state index is 13.0. The van der Waals surface area contributed by atoms with E-state index in [1.165, 1.54) is 0 Å². The Kier molecular flexibility index (Phi) is 5.57. The van der Waals surface area contributed by atoms with Crippen molar-refractivity contribution in [3.63, 3.8) is 0 Å². The first-order valence-electron chi connectivity index (χ1n) is 9.69. The van der Waals surface area contributed by atoms with E-state index in [0.29, 0.717) is 25.2 Å². The number of piperazine rings is 1. The Morgan fingerprint density at radius 2 is 1.93 bits per heavy atom. The van der Waals surface area contributed by atoms with Crippen molar-refractivity contribution in [3.8, 4) is 6.07 Å². The molecule has 1 saturated heterocycles. The molecule has 2 atom stereocenters. The first kappa shape index (κ1) is 20.1. The van der Waals surface area contributed by atoms with Gasteiger partial charge in [-0.05, 0) is 48.3 Å². The van der Waals surface area contributed by atoms with Crippen LogP contribution in [0.2, 0.25) is 0 Å². The molecule has 3 aromatic rings.